The fourth-order valence-electron chi connectivity index (χ4n) is 1.67. The van der Waals surface area contributed by atoms with Crippen molar-refractivity contribution in [3.8, 4) is 5.75 Å². The molecule has 0 saturated carbocycles. The van der Waals surface area contributed by atoms with E-state index in [0.717, 1.165) is 9.35 Å². The van der Waals surface area contributed by atoms with Crippen molar-refractivity contribution in [3.05, 3.63) is 50.4 Å². The molecule has 1 N–H and O–H groups in total. The van der Waals surface area contributed by atoms with Gasteiger partial charge in [0.1, 0.15) is 11.6 Å². The molecule has 18 heavy (non-hydrogen) atoms. The Balaban J connectivity index is 2.15. The van der Waals surface area contributed by atoms with Gasteiger partial charge in [0.25, 0.3) is 0 Å². The number of methoxy groups -OCH3 is 1. The minimum absolute atomic E-state index is 0.292. The van der Waals surface area contributed by atoms with Gasteiger partial charge in [-0.2, -0.15) is 0 Å². The normalized spacial score (nSPS) is 12.4. The number of ether oxygens (including phenoxy) is 1. The summed E-state index contributed by atoms with van der Waals surface area (Å²) in [6, 6.07) is 6.41. The molecule has 0 saturated heterocycles. The van der Waals surface area contributed by atoms with Crippen molar-refractivity contribution in [2.75, 3.05) is 7.11 Å². The minimum Gasteiger partial charge on any atom is -0.497 e. The molecule has 5 heteroatoms. The van der Waals surface area contributed by atoms with Crippen molar-refractivity contribution in [1.29, 1.82) is 0 Å². The van der Waals surface area contributed by atoms with Gasteiger partial charge < -0.3 is 9.84 Å². The Morgan fingerprint density at radius 2 is 2.22 bits per heavy atom. The molecule has 0 spiro atoms. The molecular weight excluding hydrogens is 319 g/mol. The van der Waals surface area contributed by atoms with E-state index in [-0.39, 0.29) is 0 Å². The molecule has 0 radical (unpaired) electrons. The van der Waals surface area contributed by atoms with Crippen molar-refractivity contribution < 1.29 is 14.2 Å². The Labute approximate surface area is 117 Å². The third kappa shape index (κ3) is 3.10. The Hall–Kier alpha value is -0.910. The van der Waals surface area contributed by atoms with E-state index in [1.807, 2.05) is 11.4 Å². The average Bonchev–Trinajstić information content (AvgIpc) is 2.74. The van der Waals surface area contributed by atoms with E-state index < -0.39 is 11.9 Å². The van der Waals surface area contributed by atoms with Gasteiger partial charge in [0.2, 0.25) is 0 Å². The van der Waals surface area contributed by atoms with Gasteiger partial charge in [-0.1, -0.05) is 0 Å². The quantitative estimate of drug-likeness (QED) is 0.920. The standard InChI is InChI=1S/C13H12BrFO2S/c1-17-9-2-3-11(12(15)5-9)13(16)6-10-4-8(14)7-18-10/h2-5,7,13,16H,6H2,1H3. The lowest BCUT2D eigenvalue weighted by atomic mass is 10.1. The van der Waals surface area contributed by atoms with Crippen molar-refractivity contribution in [2.45, 2.75) is 12.5 Å². The predicted molar refractivity (Wildman–Crippen MR) is 73.6 cm³/mol. The van der Waals surface area contributed by atoms with E-state index >= 15 is 0 Å². The molecule has 0 aliphatic rings. The summed E-state index contributed by atoms with van der Waals surface area (Å²) >= 11 is 4.88. The lowest BCUT2D eigenvalue weighted by Crippen LogP contribution is -2.03. The van der Waals surface area contributed by atoms with Gasteiger partial charge in [-0.05, 0) is 34.1 Å². The zero-order valence-electron chi connectivity index (χ0n) is 9.69. The highest BCUT2D eigenvalue weighted by Gasteiger charge is 2.15. The lowest BCUT2D eigenvalue weighted by Gasteiger charge is -2.11. The summed E-state index contributed by atoms with van der Waals surface area (Å²) < 4.78 is 19.7. The van der Waals surface area contributed by atoms with Crippen LogP contribution >= 0.6 is 27.3 Å². The number of aliphatic hydroxyl groups is 1. The largest absolute Gasteiger partial charge is 0.497 e. The molecule has 0 fully saturated rings. The summed E-state index contributed by atoms with van der Waals surface area (Å²) in [4.78, 5) is 1.00. The predicted octanol–water partition coefficient (Wildman–Crippen LogP) is 3.93. The van der Waals surface area contributed by atoms with Crippen molar-refractivity contribution >= 4 is 27.3 Å². The molecule has 1 aromatic heterocycles. The van der Waals surface area contributed by atoms with E-state index in [0.29, 0.717) is 17.7 Å². The van der Waals surface area contributed by atoms with Crippen molar-refractivity contribution in [2.24, 2.45) is 0 Å². The molecule has 0 amide bonds. The highest BCUT2D eigenvalue weighted by Crippen LogP contribution is 2.28. The summed E-state index contributed by atoms with van der Waals surface area (Å²) in [5.74, 6) is -0.000195. The molecule has 2 nitrogen and oxygen atoms in total. The van der Waals surface area contributed by atoms with Crippen LogP contribution in [0.15, 0.2) is 34.1 Å². The third-order valence-corrected chi connectivity index (χ3v) is 4.30. The highest BCUT2D eigenvalue weighted by atomic mass is 79.9. The van der Waals surface area contributed by atoms with Crippen LogP contribution in [0.3, 0.4) is 0 Å². The van der Waals surface area contributed by atoms with Crippen LogP contribution in [-0.2, 0) is 6.42 Å². The molecule has 2 rings (SSSR count). The van der Waals surface area contributed by atoms with Gasteiger partial charge in [-0.25, -0.2) is 4.39 Å². The monoisotopic (exact) mass is 330 g/mol. The van der Waals surface area contributed by atoms with Crippen LogP contribution in [0, 0.1) is 5.82 Å². The molecule has 2 aromatic rings. The number of benzene rings is 1. The number of hydrogen-bond acceptors (Lipinski definition) is 3. The first kappa shape index (κ1) is 13.5. The first-order chi connectivity index (χ1) is 8.60. The SMILES string of the molecule is COc1ccc(C(O)Cc2cc(Br)cs2)c(F)c1. The van der Waals surface area contributed by atoms with Crippen LogP contribution in [-0.4, -0.2) is 12.2 Å². The van der Waals surface area contributed by atoms with E-state index in [4.69, 9.17) is 4.74 Å². The second-order valence-corrected chi connectivity index (χ2v) is 5.75. The molecule has 1 aromatic carbocycles. The molecule has 1 unspecified atom stereocenters. The van der Waals surface area contributed by atoms with E-state index in [1.54, 1.807) is 12.1 Å². The zero-order valence-corrected chi connectivity index (χ0v) is 12.1. The highest BCUT2D eigenvalue weighted by molar-refractivity contribution is 9.10. The molecule has 1 heterocycles. The molecule has 0 bridgehead atoms. The van der Waals surface area contributed by atoms with Crippen LogP contribution in [0.25, 0.3) is 0 Å². The maximum atomic E-state index is 13.7. The van der Waals surface area contributed by atoms with Gasteiger partial charge in [-0.3, -0.25) is 0 Å². The number of hydrogen-bond donors (Lipinski definition) is 1. The third-order valence-electron chi connectivity index (χ3n) is 2.58. The van der Waals surface area contributed by atoms with Crippen LogP contribution in [0.4, 0.5) is 4.39 Å². The summed E-state index contributed by atoms with van der Waals surface area (Å²) in [5.41, 5.74) is 0.292. The summed E-state index contributed by atoms with van der Waals surface area (Å²) in [5, 5.41) is 12.0. The molecule has 0 aliphatic heterocycles. The number of halogens is 2. The first-order valence-electron chi connectivity index (χ1n) is 5.34. The molecule has 96 valence electrons. The van der Waals surface area contributed by atoms with Crippen LogP contribution in [0.2, 0.25) is 0 Å². The maximum absolute atomic E-state index is 13.7. The topological polar surface area (TPSA) is 29.5 Å². The minimum atomic E-state index is -0.846. The van der Waals surface area contributed by atoms with Crippen molar-refractivity contribution in [1.82, 2.24) is 0 Å². The van der Waals surface area contributed by atoms with E-state index in [1.165, 1.54) is 24.5 Å². The number of thiophene rings is 1. The fraction of sp³-hybridized carbons (Fsp3) is 0.231. The smallest absolute Gasteiger partial charge is 0.132 e. The number of rotatable bonds is 4. The Kier molecular flexibility index (Phi) is 4.37. The van der Waals surface area contributed by atoms with Crippen LogP contribution in [0.5, 0.6) is 5.75 Å². The maximum Gasteiger partial charge on any atom is 0.132 e. The fourth-order valence-corrected chi connectivity index (χ4v) is 3.16. The molecule has 1 atom stereocenters. The number of aliphatic hydroxyl groups excluding tert-OH is 1. The van der Waals surface area contributed by atoms with Gasteiger partial charge in [0, 0.05) is 32.8 Å². The Morgan fingerprint density at radius 3 is 2.78 bits per heavy atom. The second-order valence-electron chi connectivity index (χ2n) is 3.84. The van der Waals surface area contributed by atoms with Gasteiger partial charge in [0.05, 0.1) is 13.2 Å². The van der Waals surface area contributed by atoms with Gasteiger partial charge in [-0.15, -0.1) is 11.3 Å². The zero-order chi connectivity index (χ0) is 13.1. The van der Waals surface area contributed by atoms with Crippen LogP contribution < -0.4 is 4.74 Å². The first-order valence-corrected chi connectivity index (χ1v) is 7.02. The summed E-state index contributed by atoms with van der Waals surface area (Å²) in [7, 11) is 1.48. The summed E-state index contributed by atoms with van der Waals surface area (Å²) in [6.07, 6.45) is -0.444. The molecule has 0 aliphatic carbocycles. The molecular formula is C13H12BrFO2S. The van der Waals surface area contributed by atoms with Crippen molar-refractivity contribution in [3.63, 3.8) is 0 Å². The summed E-state index contributed by atoms with van der Waals surface area (Å²) in [6.45, 7) is 0. The van der Waals surface area contributed by atoms with Gasteiger partial charge in [0.15, 0.2) is 0 Å². The van der Waals surface area contributed by atoms with E-state index in [9.17, 15) is 9.50 Å². The second kappa shape index (κ2) is 5.82. The van der Waals surface area contributed by atoms with E-state index in [2.05, 4.69) is 15.9 Å². The Bertz CT molecular complexity index is 542. The Morgan fingerprint density at radius 1 is 1.44 bits per heavy atom. The lowest BCUT2D eigenvalue weighted by molar-refractivity contribution is 0.174. The van der Waals surface area contributed by atoms with Gasteiger partial charge >= 0.3 is 0 Å². The average molecular weight is 331 g/mol. The van der Waals surface area contributed by atoms with Crippen LogP contribution in [0.1, 0.15) is 16.5 Å².